The van der Waals surface area contributed by atoms with Crippen molar-refractivity contribution in [3.8, 4) is 0 Å². The number of aryl methyl sites for hydroxylation is 1. The van der Waals surface area contributed by atoms with Crippen molar-refractivity contribution in [1.29, 1.82) is 0 Å². The largest absolute Gasteiger partial charge is 0.254 e. The number of sulfonamides is 1. The summed E-state index contributed by atoms with van der Waals surface area (Å²) in [6, 6.07) is 12.1. The van der Waals surface area contributed by atoms with Crippen LogP contribution >= 0.6 is 11.3 Å². The molecular weight excluding hydrogens is 354 g/mol. The number of nitrogens with zero attached hydrogens (tertiary/aromatic N) is 1. The van der Waals surface area contributed by atoms with Crippen molar-refractivity contribution in [2.75, 3.05) is 6.54 Å². The Labute approximate surface area is 154 Å². The molecule has 0 spiro atoms. The van der Waals surface area contributed by atoms with Gasteiger partial charge in [-0.1, -0.05) is 37.3 Å². The lowest BCUT2D eigenvalue weighted by atomic mass is 10.1. The average molecular weight is 380 g/mol. The first-order chi connectivity index (χ1) is 11.9. The van der Waals surface area contributed by atoms with Crippen molar-refractivity contribution >= 4 is 21.4 Å². The number of hydrazine groups is 1. The van der Waals surface area contributed by atoms with Gasteiger partial charge in [0.1, 0.15) is 0 Å². The summed E-state index contributed by atoms with van der Waals surface area (Å²) in [5, 5.41) is 0. The molecule has 7 heteroatoms. The third-order valence-corrected chi connectivity index (χ3v) is 7.84. The van der Waals surface area contributed by atoms with E-state index in [9.17, 15) is 8.42 Å². The summed E-state index contributed by atoms with van der Waals surface area (Å²) in [6.45, 7) is 6.73. The molecule has 25 heavy (non-hydrogen) atoms. The van der Waals surface area contributed by atoms with Crippen molar-refractivity contribution in [3.63, 3.8) is 0 Å². The van der Waals surface area contributed by atoms with Gasteiger partial charge in [-0.3, -0.25) is 5.43 Å². The molecule has 1 fully saturated rings. The summed E-state index contributed by atoms with van der Waals surface area (Å²) < 4.78 is 27.9. The molecule has 2 unspecified atom stereocenters. The van der Waals surface area contributed by atoms with E-state index in [1.807, 2.05) is 50.2 Å². The van der Waals surface area contributed by atoms with E-state index >= 15 is 0 Å². The third-order valence-electron chi connectivity index (χ3n) is 4.50. The zero-order valence-corrected chi connectivity index (χ0v) is 16.5. The van der Waals surface area contributed by atoms with Crippen LogP contribution in [0.15, 0.2) is 41.3 Å². The Morgan fingerprint density at radius 2 is 1.96 bits per heavy atom. The van der Waals surface area contributed by atoms with Gasteiger partial charge in [-0.15, -0.1) is 11.3 Å². The number of nitrogens with one attached hydrogen (secondary N) is 2. The molecule has 1 aromatic carbocycles. The van der Waals surface area contributed by atoms with Crippen molar-refractivity contribution in [1.82, 2.24) is 15.2 Å². The molecule has 1 aliphatic heterocycles. The summed E-state index contributed by atoms with van der Waals surface area (Å²) in [7, 11) is -3.51. The first-order valence-electron chi connectivity index (χ1n) is 8.57. The maximum atomic E-state index is 13.2. The number of rotatable bonds is 6. The Morgan fingerprint density at radius 3 is 2.56 bits per heavy atom. The number of hydrogen-bond donors (Lipinski definition) is 2. The number of benzene rings is 1. The van der Waals surface area contributed by atoms with Crippen molar-refractivity contribution < 1.29 is 8.42 Å². The van der Waals surface area contributed by atoms with Crippen LogP contribution in [0.25, 0.3) is 0 Å². The molecule has 2 N–H and O–H groups in total. The summed E-state index contributed by atoms with van der Waals surface area (Å²) in [5.74, 6) is 0. The van der Waals surface area contributed by atoms with Gasteiger partial charge < -0.3 is 0 Å². The van der Waals surface area contributed by atoms with Gasteiger partial charge in [0.25, 0.3) is 0 Å². The molecule has 0 amide bonds. The minimum Gasteiger partial charge on any atom is -0.254 e. The predicted octanol–water partition coefficient (Wildman–Crippen LogP) is 3.19. The second-order valence-electron chi connectivity index (χ2n) is 6.46. The zero-order chi connectivity index (χ0) is 18.0. The monoisotopic (exact) mass is 379 g/mol. The van der Waals surface area contributed by atoms with Gasteiger partial charge in [0, 0.05) is 28.9 Å². The third kappa shape index (κ3) is 3.96. The minimum absolute atomic E-state index is 0.173. The number of hydrogen-bond acceptors (Lipinski definition) is 5. The van der Waals surface area contributed by atoms with Crippen LogP contribution in [0.1, 0.15) is 41.6 Å². The molecule has 0 saturated carbocycles. The second kappa shape index (κ2) is 7.55. The normalized spacial score (nSPS) is 21.1. The standard InChI is InChI=1S/C18H25N3O2S2/c1-4-21(12-15-8-6-5-7-9-15)25(22,23)18-11-17(24-14(18)3)16-10-13(2)19-20-16/h5-9,11,13,16,19-20H,4,10,12H2,1-3H3. The molecule has 0 aliphatic carbocycles. The smallest absolute Gasteiger partial charge is 0.244 e. The van der Waals surface area contributed by atoms with Gasteiger partial charge >= 0.3 is 0 Å². The Morgan fingerprint density at radius 1 is 1.24 bits per heavy atom. The van der Waals surface area contributed by atoms with Crippen molar-refractivity contribution in [2.24, 2.45) is 0 Å². The van der Waals surface area contributed by atoms with Gasteiger partial charge in [-0.25, -0.2) is 13.8 Å². The second-order valence-corrected chi connectivity index (χ2v) is 9.66. The summed E-state index contributed by atoms with van der Waals surface area (Å²) >= 11 is 1.57. The van der Waals surface area contributed by atoms with E-state index < -0.39 is 10.0 Å². The van der Waals surface area contributed by atoms with Gasteiger partial charge in [-0.2, -0.15) is 4.31 Å². The Kier molecular flexibility index (Phi) is 5.60. The van der Waals surface area contributed by atoms with Gasteiger partial charge in [-0.05, 0) is 31.9 Å². The molecule has 2 aromatic rings. The highest BCUT2D eigenvalue weighted by atomic mass is 32.2. The average Bonchev–Trinajstić information content (AvgIpc) is 3.19. The van der Waals surface area contributed by atoms with E-state index in [0.717, 1.165) is 21.7 Å². The van der Waals surface area contributed by atoms with E-state index in [4.69, 9.17) is 0 Å². The predicted molar refractivity (Wildman–Crippen MR) is 102 cm³/mol. The fourth-order valence-corrected chi connectivity index (χ4v) is 6.19. The first kappa shape index (κ1) is 18.5. The molecule has 1 saturated heterocycles. The topological polar surface area (TPSA) is 61.4 Å². The summed E-state index contributed by atoms with van der Waals surface area (Å²) in [6.07, 6.45) is 0.959. The summed E-state index contributed by atoms with van der Waals surface area (Å²) in [4.78, 5) is 2.36. The molecule has 5 nitrogen and oxygen atoms in total. The van der Waals surface area contributed by atoms with Gasteiger partial charge in [0.05, 0.1) is 10.9 Å². The van der Waals surface area contributed by atoms with Crippen LogP contribution in [0.2, 0.25) is 0 Å². The van der Waals surface area contributed by atoms with E-state index in [1.165, 1.54) is 0 Å². The van der Waals surface area contributed by atoms with E-state index in [-0.39, 0.29) is 6.04 Å². The van der Waals surface area contributed by atoms with Crippen LogP contribution in [-0.4, -0.2) is 25.3 Å². The summed E-state index contributed by atoms with van der Waals surface area (Å²) in [5.41, 5.74) is 7.45. The maximum absolute atomic E-state index is 13.2. The fraction of sp³-hybridized carbons (Fsp3) is 0.444. The molecule has 136 valence electrons. The van der Waals surface area contributed by atoms with Gasteiger partial charge in [0.15, 0.2) is 0 Å². The van der Waals surface area contributed by atoms with Gasteiger partial charge in [0.2, 0.25) is 10.0 Å². The van der Waals surface area contributed by atoms with Crippen LogP contribution in [0.4, 0.5) is 0 Å². The van der Waals surface area contributed by atoms with E-state index in [1.54, 1.807) is 15.6 Å². The molecule has 3 rings (SSSR count). The SMILES string of the molecule is CCN(Cc1ccccc1)S(=O)(=O)c1cc(C2CC(C)NN2)sc1C. The minimum atomic E-state index is -3.51. The highest BCUT2D eigenvalue weighted by molar-refractivity contribution is 7.89. The molecule has 0 bridgehead atoms. The van der Waals surface area contributed by atoms with Crippen LogP contribution in [0.5, 0.6) is 0 Å². The Hall–Kier alpha value is -1.25. The van der Waals surface area contributed by atoms with Crippen LogP contribution in [-0.2, 0) is 16.6 Å². The van der Waals surface area contributed by atoms with E-state index in [2.05, 4.69) is 17.8 Å². The Bertz CT molecular complexity index is 818. The lowest BCUT2D eigenvalue weighted by Crippen LogP contribution is -2.30. The zero-order valence-electron chi connectivity index (χ0n) is 14.8. The highest BCUT2D eigenvalue weighted by Gasteiger charge is 2.30. The highest BCUT2D eigenvalue weighted by Crippen LogP contribution is 2.34. The molecule has 2 atom stereocenters. The first-order valence-corrected chi connectivity index (χ1v) is 10.8. The van der Waals surface area contributed by atoms with E-state index in [0.29, 0.717) is 24.0 Å². The maximum Gasteiger partial charge on any atom is 0.244 e. The molecule has 0 radical (unpaired) electrons. The molecule has 2 heterocycles. The van der Waals surface area contributed by atoms with Crippen molar-refractivity contribution in [2.45, 2.75) is 50.7 Å². The fourth-order valence-electron chi connectivity index (χ4n) is 3.11. The molecule has 1 aliphatic rings. The lowest BCUT2D eigenvalue weighted by molar-refractivity contribution is 0.423. The molecular formula is C18H25N3O2S2. The quantitative estimate of drug-likeness (QED) is 0.809. The van der Waals surface area contributed by atoms with Crippen LogP contribution < -0.4 is 10.9 Å². The Balaban J connectivity index is 1.86. The van der Waals surface area contributed by atoms with Crippen molar-refractivity contribution in [3.05, 3.63) is 51.7 Å². The molecule has 1 aromatic heterocycles. The van der Waals surface area contributed by atoms with Crippen LogP contribution in [0.3, 0.4) is 0 Å². The number of thiophene rings is 1. The lowest BCUT2D eigenvalue weighted by Gasteiger charge is -2.20. The van der Waals surface area contributed by atoms with Crippen LogP contribution in [0, 0.1) is 6.92 Å².